The van der Waals surface area contributed by atoms with Crippen molar-refractivity contribution in [1.29, 1.82) is 5.41 Å². The number of carbonyl (C=O) groups excluding carboxylic acids is 1. The molecule has 4 N–H and O–H groups in total. The van der Waals surface area contributed by atoms with E-state index in [1.165, 1.54) is 31.6 Å². The van der Waals surface area contributed by atoms with Crippen molar-refractivity contribution < 1.29 is 17.8 Å². The van der Waals surface area contributed by atoms with Gasteiger partial charge in [-0.1, -0.05) is 0 Å². The Morgan fingerprint density at radius 3 is 2.86 bits per heavy atom. The van der Waals surface area contributed by atoms with Crippen molar-refractivity contribution in [3.63, 3.8) is 0 Å². The molecule has 0 saturated heterocycles. The number of nitrogens with one attached hydrogen (secondary N) is 2. The first-order valence-corrected chi connectivity index (χ1v) is 9.14. The molecule has 1 atom stereocenters. The molecule has 29 heavy (non-hydrogen) atoms. The van der Waals surface area contributed by atoms with Crippen LogP contribution in [-0.4, -0.2) is 45.3 Å². The summed E-state index contributed by atoms with van der Waals surface area (Å²) in [5, 5.41) is 11.1. The third-order valence-electron chi connectivity index (χ3n) is 4.12. The van der Waals surface area contributed by atoms with E-state index in [1.54, 1.807) is 6.92 Å². The van der Waals surface area contributed by atoms with Crippen LogP contribution in [0.25, 0.3) is 11.2 Å². The lowest BCUT2D eigenvalue weighted by Gasteiger charge is -2.12. The average Bonchev–Trinajstić information content (AvgIpc) is 3.05. The second-order valence-corrected chi connectivity index (χ2v) is 6.83. The van der Waals surface area contributed by atoms with Crippen LogP contribution in [0.1, 0.15) is 28.5 Å². The van der Waals surface area contributed by atoms with E-state index in [0.29, 0.717) is 6.61 Å². The molecule has 1 aromatic carbocycles. The van der Waals surface area contributed by atoms with Crippen LogP contribution in [0, 0.1) is 11.2 Å². The average molecular weight is 420 g/mol. The first-order valence-electron chi connectivity index (χ1n) is 8.47. The number of anilines is 1. The van der Waals surface area contributed by atoms with Crippen LogP contribution in [0.15, 0.2) is 30.6 Å². The van der Waals surface area contributed by atoms with E-state index < -0.39 is 11.7 Å². The summed E-state index contributed by atoms with van der Waals surface area (Å²) in [5.41, 5.74) is 6.49. The van der Waals surface area contributed by atoms with E-state index >= 15 is 0 Å². The summed E-state index contributed by atoms with van der Waals surface area (Å²) in [4.78, 5) is 21.1. The number of fused-ring (bicyclic) bond motifs is 1. The summed E-state index contributed by atoms with van der Waals surface area (Å²) >= 11 is -0.126. The van der Waals surface area contributed by atoms with E-state index in [2.05, 4.69) is 15.3 Å². The van der Waals surface area contributed by atoms with Gasteiger partial charge in [0.25, 0.3) is 5.91 Å². The molecule has 2 aromatic heterocycles. The Morgan fingerprint density at radius 2 is 2.21 bits per heavy atom. The van der Waals surface area contributed by atoms with Crippen molar-refractivity contribution in [3.8, 4) is 0 Å². The van der Waals surface area contributed by atoms with Crippen LogP contribution in [0.4, 0.5) is 14.0 Å². The molecule has 0 spiro atoms. The zero-order valence-electron chi connectivity index (χ0n) is 15.6. The quantitative estimate of drug-likeness (QED) is 0.399. The lowest BCUT2D eigenvalue weighted by Crippen LogP contribution is -2.35. The summed E-state index contributed by atoms with van der Waals surface area (Å²) in [6.07, 6.45) is 2.55. The summed E-state index contributed by atoms with van der Waals surface area (Å²) in [6, 6.07) is 3.36. The molecule has 0 aliphatic rings. The number of benzene rings is 1. The maximum atomic E-state index is 13.3. The van der Waals surface area contributed by atoms with Crippen LogP contribution < -0.4 is 11.1 Å². The van der Waals surface area contributed by atoms with Gasteiger partial charge in [0, 0.05) is 30.6 Å². The van der Waals surface area contributed by atoms with Gasteiger partial charge < -0.3 is 15.8 Å². The molecule has 1 unspecified atom stereocenters. The first-order chi connectivity index (χ1) is 13.8. The molecule has 0 aliphatic carbocycles. The molecule has 1 amide bonds. The molecule has 0 saturated carbocycles. The van der Waals surface area contributed by atoms with Gasteiger partial charge in [0.05, 0.1) is 24.1 Å². The highest BCUT2D eigenvalue weighted by molar-refractivity contribution is 7.92. The summed E-state index contributed by atoms with van der Waals surface area (Å²) < 4.78 is 32.6. The Morgan fingerprint density at radius 1 is 1.45 bits per heavy atom. The van der Waals surface area contributed by atoms with Gasteiger partial charge in [-0.2, -0.15) is 0 Å². The zero-order valence-corrected chi connectivity index (χ0v) is 16.4. The smallest absolute Gasteiger partial charge is 0.255 e. The Balaban J connectivity index is 2.03. The number of nitrogen functional groups attached to an aromatic ring is 1. The standard InChI is InChI=1S/C18H18F2N6O2S/c1-9(8-28-2)24-18(27)12-7-26(29-20)17-16(12)25-14(6-23-17)15(22)11-4-3-10(19)5-13(11)21/h3-7,9,22H,8,21H2,1-2H3,(H,24,27). The minimum atomic E-state index is -0.526. The molecular formula is C18H18F2N6O2S. The van der Waals surface area contributed by atoms with Gasteiger partial charge in [-0.3, -0.25) is 10.2 Å². The van der Waals surface area contributed by atoms with Gasteiger partial charge in [0.15, 0.2) is 18.0 Å². The molecule has 0 fully saturated rings. The fourth-order valence-corrected chi connectivity index (χ4v) is 3.14. The Labute approximate surface area is 169 Å². The monoisotopic (exact) mass is 420 g/mol. The lowest BCUT2D eigenvalue weighted by atomic mass is 10.1. The topological polar surface area (TPSA) is 119 Å². The lowest BCUT2D eigenvalue weighted by molar-refractivity contribution is 0.0907. The minimum absolute atomic E-state index is 0.0696. The van der Waals surface area contributed by atoms with Crippen molar-refractivity contribution in [2.24, 2.45) is 0 Å². The number of ether oxygens (including phenoxy) is 1. The molecule has 2 heterocycles. The maximum Gasteiger partial charge on any atom is 0.255 e. The van der Waals surface area contributed by atoms with Gasteiger partial charge in [-0.15, -0.1) is 3.89 Å². The van der Waals surface area contributed by atoms with Crippen molar-refractivity contribution in [3.05, 3.63) is 53.2 Å². The summed E-state index contributed by atoms with van der Waals surface area (Å²) in [5.74, 6) is -1.01. The van der Waals surface area contributed by atoms with Crippen LogP contribution in [0.3, 0.4) is 0 Å². The second kappa shape index (κ2) is 8.53. The molecule has 3 aromatic rings. The van der Waals surface area contributed by atoms with E-state index in [9.17, 15) is 13.1 Å². The Bertz CT molecular complexity index is 1090. The highest BCUT2D eigenvalue weighted by Crippen LogP contribution is 2.24. The van der Waals surface area contributed by atoms with E-state index in [-0.39, 0.29) is 57.8 Å². The third kappa shape index (κ3) is 4.20. The number of halogens is 2. The molecule has 11 heteroatoms. The summed E-state index contributed by atoms with van der Waals surface area (Å²) in [6.45, 7) is 2.06. The number of carbonyl (C=O) groups is 1. The SMILES string of the molecule is COCC(C)NC(=O)c1cn(SF)c2ncc(C(=N)c3ccc(F)cc3N)nc12. The molecule has 0 radical (unpaired) electrons. The number of nitrogens with zero attached hydrogens (tertiary/aromatic N) is 3. The van der Waals surface area contributed by atoms with E-state index in [1.807, 2.05) is 0 Å². The fourth-order valence-electron chi connectivity index (χ4n) is 2.80. The normalized spacial score (nSPS) is 12.1. The minimum Gasteiger partial charge on any atom is -0.398 e. The summed E-state index contributed by atoms with van der Waals surface area (Å²) in [7, 11) is 1.51. The molecule has 0 aliphatic heterocycles. The van der Waals surface area contributed by atoms with Gasteiger partial charge in [0.2, 0.25) is 0 Å². The highest BCUT2D eigenvalue weighted by atomic mass is 32.2. The number of aromatic nitrogens is 3. The molecule has 8 nitrogen and oxygen atoms in total. The van der Waals surface area contributed by atoms with Crippen molar-refractivity contribution in [1.82, 2.24) is 19.3 Å². The Kier molecular flexibility index (Phi) is 6.09. The fraction of sp³-hybridized carbons (Fsp3) is 0.222. The van der Waals surface area contributed by atoms with Crippen LogP contribution in [-0.2, 0) is 4.74 Å². The Hall–Kier alpha value is -3.05. The van der Waals surface area contributed by atoms with E-state index in [4.69, 9.17) is 15.9 Å². The number of amides is 1. The second-order valence-electron chi connectivity index (χ2n) is 6.30. The predicted octanol–water partition coefficient (Wildman–Crippen LogP) is 2.71. The predicted molar refractivity (Wildman–Crippen MR) is 107 cm³/mol. The van der Waals surface area contributed by atoms with Crippen LogP contribution in [0.5, 0.6) is 0 Å². The highest BCUT2D eigenvalue weighted by Gasteiger charge is 2.21. The first kappa shape index (κ1) is 20.7. The number of methoxy groups -OCH3 is 1. The van der Waals surface area contributed by atoms with Crippen molar-refractivity contribution in [2.45, 2.75) is 13.0 Å². The zero-order chi connectivity index (χ0) is 21.1. The van der Waals surface area contributed by atoms with Crippen LogP contribution >= 0.6 is 12.3 Å². The number of rotatable bonds is 7. The van der Waals surface area contributed by atoms with Gasteiger partial charge in [-0.25, -0.2) is 18.3 Å². The number of nitrogens with two attached hydrogens (primary N) is 1. The van der Waals surface area contributed by atoms with E-state index in [0.717, 1.165) is 10.0 Å². The van der Waals surface area contributed by atoms with Crippen molar-refractivity contribution in [2.75, 3.05) is 19.5 Å². The van der Waals surface area contributed by atoms with Crippen molar-refractivity contribution >= 4 is 40.8 Å². The van der Waals surface area contributed by atoms with Gasteiger partial charge in [0.1, 0.15) is 17.0 Å². The molecule has 3 rings (SSSR count). The maximum absolute atomic E-state index is 13.3. The molecule has 0 bridgehead atoms. The molecule has 152 valence electrons. The number of hydrogen-bond donors (Lipinski definition) is 3. The van der Waals surface area contributed by atoms with Crippen LogP contribution in [0.2, 0.25) is 0 Å². The molecular weight excluding hydrogens is 402 g/mol. The third-order valence-corrected chi connectivity index (χ3v) is 4.54. The van der Waals surface area contributed by atoms with Gasteiger partial charge >= 0.3 is 0 Å². The number of hydrogen-bond acceptors (Lipinski definition) is 7. The largest absolute Gasteiger partial charge is 0.398 e. The van der Waals surface area contributed by atoms with Gasteiger partial charge in [-0.05, 0) is 25.1 Å².